The number of nitrogens with one attached hydrogen (secondary N) is 2. The van der Waals surface area contributed by atoms with Crippen LogP contribution in [0.15, 0.2) is 29.6 Å². The van der Waals surface area contributed by atoms with E-state index < -0.39 is 5.97 Å². The van der Waals surface area contributed by atoms with Gasteiger partial charge in [-0.1, -0.05) is 24.0 Å². The largest absolute Gasteiger partial charge is 0.507 e. The average Bonchev–Trinajstić information content (AvgIpc) is 3.09. The predicted octanol–water partition coefficient (Wildman–Crippen LogP) is 1.96. The Kier molecular flexibility index (Phi) is 5.19. The molecule has 0 saturated carbocycles. The number of aromatic hydroxyl groups is 1. The van der Waals surface area contributed by atoms with E-state index >= 15 is 0 Å². The van der Waals surface area contributed by atoms with Crippen LogP contribution in [0.2, 0.25) is 0 Å². The van der Waals surface area contributed by atoms with Crippen LogP contribution in [0, 0.1) is 0 Å². The number of nitrogens with zero attached hydrogens (tertiary/aromatic N) is 3. The van der Waals surface area contributed by atoms with E-state index in [0.29, 0.717) is 32.6 Å². The molecule has 0 unspecified atom stereocenters. The minimum atomic E-state index is -0.635. The normalized spacial score (nSPS) is 10.7. The zero-order valence-corrected chi connectivity index (χ0v) is 15.1. The number of imidazole rings is 1. The van der Waals surface area contributed by atoms with Crippen molar-refractivity contribution in [3.8, 4) is 5.75 Å². The molecule has 0 aliphatic carbocycles. The van der Waals surface area contributed by atoms with Crippen molar-refractivity contribution >= 4 is 57.7 Å². The molecular formula is C15H14N6O3S2. The molecule has 11 heteroatoms. The highest BCUT2D eigenvalue weighted by Crippen LogP contribution is 2.25. The van der Waals surface area contributed by atoms with Gasteiger partial charge >= 0.3 is 5.97 Å². The van der Waals surface area contributed by atoms with Gasteiger partial charge in [0.05, 0.1) is 24.2 Å². The first-order valence-corrected chi connectivity index (χ1v) is 8.68. The molecule has 0 bridgehead atoms. The van der Waals surface area contributed by atoms with Crippen molar-refractivity contribution in [2.24, 2.45) is 0 Å². The topological polar surface area (TPSA) is 139 Å². The molecule has 5 N–H and O–H groups in total. The van der Waals surface area contributed by atoms with Crippen LogP contribution >= 0.6 is 24.0 Å². The summed E-state index contributed by atoms with van der Waals surface area (Å²) in [6.45, 7) is 0. The summed E-state index contributed by atoms with van der Waals surface area (Å²) in [7, 11) is 1.24. The number of esters is 1. The van der Waals surface area contributed by atoms with Gasteiger partial charge < -0.3 is 25.9 Å². The predicted molar refractivity (Wildman–Crippen MR) is 102 cm³/mol. The van der Waals surface area contributed by atoms with Crippen molar-refractivity contribution < 1.29 is 14.6 Å². The number of phenolic OH excluding ortho intramolecular Hbond substituents is 1. The second-order valence-electron chi connectivity index (χ2n) is 5.05. The summed E-state index contributed by atoms with van der Waals surface area (Å²) >= 11 is 6.70. The lowest BCUT2D eigenvalue weighted by atomic mass is 10.2. The highest BCUT2D eigenvalue weighted by Gasteiger charge is 2.13. The quantitative estimate of drug-likeness (QED) is 0.168. The molecule has 9 nitrogen and oxygen atoms in total. The van der Waals surface area contributed by atoms with Crippen molar-refractivity contribution in [3.63, 3.8) is 0 Å². The molecule has 0 aliphatic heterocycles. The van der Waals surface area contributed by atoms with Gasteiger partial charge in [-0.25, -0.2) is 14.8 Å². The van der Waals surface area contributed by atoms with E-state index in [1.54, 1.807) is 6.07 Å². The number of carbonyl (C=O) groups excluding carboxylic acids is 1. The third-order valence-electron chi connectivity index (χ3n) is 3.30. The number of hydrogen-bond acceptors (Lipinski definition) is 9. The number of thiocarbonyl (C=S) groups is 1. The number of methoxy groups -OCH3 is 1. The van der Waals surface area contributed by atoms with Gasteiger partial charge in [-0.3, -0.25) is 0 Å². The summed E-state index contributed by atoms with van der Waals surface area (Å²) in [4.78, 5) is 27.4. The number of thioether (sulfide) groups is 1. The Labute approximate surface area is 157 Å². The second-order valence-corrected chi connectivity index (χ2v) is 6.51. The van der Waals surface area contributed by atoms with Gasteiger partial charge in [0.25, 0.3) is 0 Å². The van der Waals surface area contributed by atoms with Crippen molar-refractivity contribution in [2.75, 3.05) is 23.9 Å². The molecule has 0 aliphatic rings. The molecule has 0 amide bonds. The van der Waals surface area contributed by atoms with Crippen LogP contribution in [0.4, 0.5) is 11.6 Å². The Morgan fingerprint density at radius 2 is 2.27 bits per heavy atom. The van der Waals surface area contributed by atoms with E-state index in [2.05, 4.69) is 30.0 Å². The Balaban J connectivity index is 1.69. The van der Waals surface area contributed by atoms with Gasteiger partial charge in [0.1, 0.15) is 21.9 Å². The number of nitrogens with two attached hydrogens (primary N) is 1. The molecule has 0 radical (unpaired) electrons. The maximum Gasteiger partial charge on any atom is 0.341 e. The van der Waals surface area contributed by atoms with Crippen LogP contribution in [0.3, 0.4) is 0 Å². The summed E-state index contributed by atoms with van der Waals surface area (Å²) in [5, 5.41) is 13.4. The van der Waals surface area contributed by atoms with Crippen molar-refractivity contribution in [2.45, 2.75) is 5.03 Å². The number of carbonyl (C=O) groups is 1. The Morgan fingerprint density at radius 1 is 1.46 bits per heavy atom. The first-order valence-electron chi connectivity index (χ1n) is 7.28. The Hall–Kier alpha value is -2.92. The Bertz CT molecular complexity index is 991. The van der Waals surface area contributed by atoms with Crippen LogP contribution in [0.1, 0.15) is 10.4 Å². The Morgan fingerprint density at radius 3 is 3.04 bits per heavy atom. The molecule has 0 saturated heterocycles. The van der Waals surface area contributed by atoms with Crippen LogP contribution in [-0.4, -0.2) is 48.9 Å². The number of anilines is 2. The standard InChI is InChI=1S/C15H14N6O3S2/c1-24-14(23)8-4-7(2-3-9(8)22)19-10(25)5-26-13-11-12(18-6-17-11)20-15(16)21-13/h2-4,6,22H,5H2,1H3,(H,19,25)(H3,16,17,18,20,21). The molecule has 134 valence electrons. The maximum atomic E-state index is 11.6. The van der Waals surface area contributed by atoms with Gasteiger partial charge in [-0.2, -0.15) is 4.98 Å². The summed E-state index contributed by atoms with van der Waals surface area (Å²) in [5.41, 5.74) is 7.46. The molecule has 2 heterocycles. The van der Waals surface area contributed by atoms with E-state index in [9.17, 15) is 9.90 Å². The van der Waals surface area contributed by atoms with Crippen LogP contribution in [0.5, 0.6) is 5.75 Å². The van der Waals surface area contributed by atoms with Gasteiger partial charge in [-0.05, 0) is 18.2 Å². The highest BCUT2D eigenvalue weighted by atomic mass is 32.2. The zero-order chi connectivity index (χ0) is 18.7. The number of rotatable bonds is 5. The van der Waals surface area contributed by atoms with E-state index in [4.69, 9.17) is 18.0 Å². The fourth-order valence-electron chi connectivity index (χ4n) is 2.15. The lowest BCUT2D eigenvalue weighted by molar-refractivity contribution is 0.0597. The van der Waals surface area contributed by atoms with Crippen molar-refractivity contribution in [1.29, 1.82) is 0 Å². The van der Waals surface area contributed by atoms with Crippen LogP contribution in [-0.2, 0) is 4.74 Å². The molecule has 0 fully saturated rings. The molecule has 3 rings (SSSR count). The SMILES string of the molecule is COC(=O)c1cc(NC(=S)CSc2nc(N)nc3nc[nH]c23)ccc1O. The number of aromatic amines is 1. The zero-order valence-electron chi connectivity index (χ0n) is 13.5. The molecule has 26 heavy (non-hydrogen) atoms. The van der Waals surface area contributed by atoms with E-state index in [0.717, 1.165) is 0 Å². The minimum Gasteiger partial charge on any atom is -0.507 e. The summed E-state index contributed by atoms with van der Waals surface area (Å²) in [6.07, 6.45) is 1.52. The number of ether oxygens (including phenoxy) is 1. The first kappa shape index (κ1) is 17.9. The van der Waals surface area contributed by atoms with Crippen LogP contribution < -0.4 is 11.1 Å². The molecule has 2 aromatic heterocycles. The lowest BCUT2D eigenvalue weighted by Crippen LogP contribution is -2.13. The van der Waals surface area contributed by atoms with E-state index in [1.807, 2.05) is 0 Å². The maximum absolute atomic E-state index is 11.6. The molecule has 3 aromatic rings. The van der Waals surface area contributed by atoms with Crippen molar-refractivity contribution in [1.82, 2.24) is 19.9 Å². The molecule has 1 aromatic carbocycles. The first-order chi connectivity index (χ1) is 12.5. The number of fused-ring (bicyclic) bond motifs is 1. The minimum absolute atomic E-state index is 0.0516. The summed E-state index contributed by atoms with van der Waals surface area (Å²) in [6, 6.07) is 4.46. The number of H-pyrrole nitrogens is 1. The summed E-state index contributed by atoms with van der Waals surface area (Å²) in [5.74, 6) is -0.258. The van der Waals surface area contributed by atoms with Gasteiger partial charge in [-0.15, -0.1) is 0 Å². The third kappa shape index (κ3) is 3.83. The van der Waals surface area contributed by atoms with Gasteiger partial charge in [0, 0.05) is 5.69 Å². The summed E-state index contributed by atoms with van der Waals surface area (Å²) < 4.78 is 4.63. The highest BCUT2D eigenvalue weighted by molar-refractivity contribution is 8.01. The molecule has 0 atom stereocenters. The number of nitrogen functional groups attached to an aromatic ring is 1. The molecule has 0 spiro atoms. The van der Waals surface area contributed by atoms with Gasteiger partial charge in [0.2, 0.25) is 5.95 Å². The number of hydrogen-bond donors (Lipinski definition) is 4. The van der Waals surface area contributed by atoms with Crippen molar-refractivity contribution in [3.05, 3.63) is 30.1 Å². The van der Waals surface area contributed by atoms with Gasteiger partial charge in [0.15, 0.2) is 5.65 Å². The fourth-order valence-corrected chi connectivity index (χ4v) is 3.23. The second kappa shape index (κ2) is 7.54. The lowest BCUT2D eigenvalue weighted by Gasteiger charge is -2.10. The van der Waals surface area contributed by atoms with E-state index in [1.165, 1.54) is 37.3 Å². The van der Waals surface area contributed by atoms with Crippen LogP contribution in [0.25, 0.3) is 11.2 Å². The average molecular weight is 390 g/mol. The third-order valence-corrected chi connectivity index (χ3v) is 4.73. The number of benzene rings is 1. The molecular weight excluding hydrogens is 376 g/mol. The monoisotopic (exact) mass is 390 g/mol. The number of aromatic nitrogens is 4. The smallest absolute Gasteiger partial charge is 0.341 e. The fraction of sp³-hybridized carbons (Fsp3) is 0.133. The van der Waals surface area contributed by atoms with E-state index in [-0.39, 0.29) is 17.3 Å². The number of phenols is 1.